The highest BCUT2D eigenvalue weighted by Crippen LogP contribution is 2.29. The van der Waals surface area contributed by atoms with Crippen LogP contribution in [-0.2, 0) is 0 Å². The van der Waals surface area contributed by atoms with E-state index < -0.39 is 0 Å². The largest absolute Gasteiger partial charge is 0.497 e. The fourth-order valence-electron chi connectivity index (χ4n) is 2.95. The monoisotopic (exact) mass is 262 g/mol. The molecule has 1 fully saturated rings. The van der Waals surface area contributed by atoms with Gasteiger partial charge < -0.3 is 10.5 Å². The molecule has 0 spiro atoms. The highest BCUT2D eigenvalue weighted by Gasteiger charge is 2.27. The molecule has 0 radical (unpaired) electrons. The van der Waals surface area contributed by atoms with Crippen LogP contribution in [0.1, 0.15) is 38.3 Å². The topological polar surface area (TPSA) is 38.5 Å². The first-order chi connectivity index (χ1) is 9.11. The summed E-state index contributed by atoms with van der Waals surface area (Å²) in [4.78, 5) is 2.53. The van der Waals surface area contributed by atoms with Crippen LogP contribution in [0.25, 0.3) is 0 Å². The van der Waals surface area contributed by atoms with E-state index in [1.807, 2.05) is 12.1 Å². The molecule has 1 aliphatic heterocycles. The van der Waals surface area contributed by atoms with Gasteiger partial charge in [0, 0.05) is 12.1 Å². The zero-order valence-electron chi connectivity index (χ0n) is 12.3. The van der Waals surface area contributed by atoms with Crippen molar-refractivity contribution in [3.63, 3.8) is 0 Å². The van der Waals surface area contributed by atoms with Crippen molar-refractivity contribution in [1.82, 2.24) is 4.90 Å². The summed E-state index contributed by atoms with van der Waals surface area (Å²) in [5.41, 5.74) is 7.53. The van der Waals surface area contributed by atoms with Crippen LogP contribution in [-0.4, -0.2) is 31.1 Å². The minimum atomic E-state index is 0.141. The SMILES string of the molecule is COc1ccc(C(C(C)N)N2CCC(C)CC2)cc1. The Labute approximate surface area is 116 Å². The average molecular weight is 262 g/mol. The Kier molecular flexibility index (Phi) is 4.83. The second-order valence-electron chi connectivity index (χ2n) is 5.80. The Hall–Kier alpha value is -1.06. The Morgan fingerprint density at radius 3 is 2.26 bits per heavy atom. The summed E-state index contributed by atoms with van der Waals surface area (Å²) >= 11 is 0. The lowest BCUT2D eigenvalue weighted by Crippen LogP contribution is -2.43. The molecule has 2 N–H and O–H groups in total. The normalized spacial score (nSPS) is 21.1. The first kappa shape index (κ1) is 14.4. The molecule has 2 unspecified atom stereocenters. The van der Waals surface area contributed by atoms with Crippen LogP contribution in [0.15, 0.2) is 24.3 Å². The maximum absolute atomic E-state index is 6.23. The fourth-order valence-corrected chi connectivity index (χ4v) is 2.95. The molecule has 0 saturated carbocycles. The van der Waals surface area contributed by atoms with E-state index >= 15 is 0 Å². The molecule has 0 aliphatic carbocycles. The second-order valence-corrected chi connectivity index (χ2v) is 5.80. The Morgan fingerprint density at radius 2 is 1.79 bits per heavy atom. The third kappa shape index (κ3) is 3.48. The van der Waals surface area contributed by atoms with Crippen LogP contribution >= 0.6 is 0 Å². The summed E-state index contributed by atoms with van der Waals surface area (Å²) in [6, 6.07) is 8.80. The van der Waals surface area contributed by atoms with Gasteiger partial charge in [0.2, 0.25) is 0 Å². The highest BCUT2D eigenvalue weighted by atomic mass is 16.5. The maximum Gasteiger partial charge on any atom is 0.118 e. The lowest BCUT2D eigenvalue weighted by Gasteiger charge is -2.39. The number of piperidine rings is 1. The predicted octanol–water partition coefficient (Wildman–Crippen LogP) is 2.82. The van der Waals surface area contributed by atoms with Gasteiger partial charge in [-0.25, -0.2) is 0 Å². The molecule has 0 bridgehead atoms. The Morgan fingerprint density at radius 1 is 1.21 bits per heavy atom. The van der Waals surface area contributed by atoms with Crippen molar-refractivity contribution in [2.75, 3.05) is 20.2 Å². The number of benzene rings is 1. The number of rotatable bonds is 4. The van der Waals surface area contributed by atoms with Crippen molar-refractivity contribution in [2.24, 2.45) is 11.7 Å². The zero-order chi connectivity index (χ0) is 13.8. The number of hydrogen-bond acceptors (Lipinski definition) is 3. The van der Waals surface area contributed by atoms with E-state index in [9.17, 15) is 0 Å². The van der Waals surface area contributed by atoms with Gasteiger partial charge in [-0.3, -0.25) is 4.90 Å². The smallest absolute Gasteiger partial charge is 0.118 e. The first-order valence-electron chi connectivity index (χ1n) is 7.25. The van der Waals surface area contributed by atoms with Crippen LogP contribution in [0, 0.1) is 5.92 Å². The molecule has 1 aromatic carbocycles. The van der Waals surface area contributed by atoms with E-state index in [0.29, 0.717) is 6.04 Å². The first-order valence-corrected chi connectivity index (χ1v) is 7.25. The average Bonchev–Trinajstić information content (AvgIpc) is 2.42. The molecule has 2 rings (SSSR count). The van der Waals surface area contributed by atoms with Gasteiger partial charge in [-0.1, -0.05) is 19.1 Å². The van der Waals surface area contributed by atoms with Crippen LogP contribution in [0.4, 0.5) is 0 Å². The molecule has 0 amide bonds. The van der Waals surface area contributed by atoms with Crippen molar-refractivity contribution < 1.29 is 4.74 Å². The summed E-state index contributed by atoms with van der Waals surface area (Å²) in [5, 5.41) is 0. The Balaban J connectivity index is 2.14. The van der Waals surface area contributed by atoms with E-state index in [1.54, 1.807) is 7.11 Å². The molecule has 1 heterocycles. The summed E-state index contributed by atoms with van der Waals surface area (Å²) in [5.74, 6) is 1.75. The van der Waals surface area contributed by atoms with Gasteiger partial charge in [0.05, 0.1) is 7.11 Å². The molecular formula is C16H26N2O. The van der Waals surface area contributed by atoms with Gasteiger partial charge in [-0.2, -0.15) is 0 Å². The van der Waals surface area contributed by atoms with Gasteiger partial charge >= 0.3 is 0 Å². The molecule has 106 valence electrons. The van der Waals surface area contributed by atoms with Gasteiger partial charge in [-0.05, 0) is 56.5 Å². The van der Waals surface area contributed by atoms with Crippen molar-refractivity contribution >= 4 is 0 Å². The number of methoxy groups -OCH3 is 1. The van der Waals surface area contributed by atoms with E-state index in [2.05, 4.69) is 30.9 Å². The molecular weight excluding hydrogens is 236 g/mol. The molecule has 2 atom stereocenters. The summed E-state index contributed by atoms with van der Waals surface area (Å²) in [6.07, 6.45) is 2.55. The highest BCUT2D eigenvalue weighted by molar-refractivity contribution is 5.30. The molecule has 1 aliphatic rings. The molecule has 3 nitrogen and oxygen atoms in total. The predicted molar refractivity (Wildman–Crippen MR) is 79.4 cm³/mol. The van der Waals surface area contributed by atoms with E-state index in [-0.39, 0.29) is 6.04 Å². The van der Waals surface area contributed by atoms with Crippen LogP contribution < -0.4 is 10.5 Å². The standard InChI is InChI=1S/C16H26N2O/c1-12-8-10-18(11-9-12)16(13(2)17)14-4-6-15(19-3)7-5-14/h4-7,12-13,16H,8-11,17H2,1-3H3. The fraction of sp³-hybridized carbons (Fsp3) is 0.625. The lowest BCUT2D eigenvalue weighted by molar-refractivity contribution is 0.123. The second kappa shape index (κ2) is 6.40. The Bertz CT molecular complexity index is 380. The number of nitrogens with zero attached hydrogens (tertiary/aromatic N) is 1. The molecule has 3 heteroatoms. The van der Waals surface area contributed by atoms with Crippen molar-refractivity contribution in [1.29, 1.82) is 0 Å². The molecule has 1 aromatic rings. The number of ether oxygens (including phenoxy) is 1. The summed E-state index contributed by atoms with van der Waals surface area (Å²) in [6.45, 7) is 6.75. The number of nitrogens with two attached hydrogens (primary N) is 1. The van der Waals surface area contributed by atoms with E-state index in [1.165, 1.54) is 18.4 Å². The summed E-state index contributed by atoms with van der Waals surface area (Å²) < 4.78 is 5.22. The molecule has 1 saturated heterocycles. The van der Waals surface area contributed by atoms with Gasteiger partial charge in [-0.15, -0.1) is 0 Å². The van der Waals surface area contributed by atoms with Gasteiger partial charge in [0.15, 0.2) is 0 Å². The van der Waals surface area contributed by atoms with Gasteiger partial charge in [0.25, 0.3) is 0 Å². The van der Waals surface area contributed by atoms with Crippen molar-refractivity contribution in [3.05, 3.63) is 29.8 Å². The molecule has 0 aromatic heterocycles. The maximum atomic E-state index is 6.23. The number of hydrogen-bond donors (Lipinski definition) is 1. The van der Waals surface area contributed by atoms with Gasteiger partial charge in [0.1, 0.15) is 5.75 Å². The van der Waals surface area contributed by atoms with Crippen LogP contribution in [0.5, 0.6) is 5.75 Å². The van der Waals surface area contributed by atoms with Crippen LogP contribution in [0.3, 0.4) is 0 Å². The number of likely N-dealkylation sites (tertiary alicyclic amines) is 1. The lowest BCUT2D eigenvalue weighted by atomic mass is 9.93. The van der Waals surface area contributed by atoms with Crippen molar-refractivity contribution in [3.8, 4) is 5.75 Å². The minimum absolute atomic E-state index is 0.141. The van der Waals surface area contributed by atoms with Crippen LogP contribution in [0.2, 0.25) is 0 Å². The minimum Gasteiger partial charge on any atom is -0.497 e. The van der Waals surface area contributed by atoms with E-state index in [0.717, 1.165) is 24.8 Å². The molecule has 19 heavy (non-hydrogen) atoms. The quantitative estimate of drug-likeness (QED) is 0.907. The third-order valence-electron chi connectivity index (χ3n) is 4.17. The van der Waals surface area contributed by atoms with E-state index in [4.69, 9.17) is 10.5 Å². The zero-order valence-corrected chi connectivity index (χ0v) is 12.3. The third-order valence-corrected chi connectivity index (χ3v) is 4.17. The van der Waals surface area contributed by atoms with Crippen molar-refractivity contribution in [2.45, 2.75) is 38.8 Å². The summed E-state index contributed by atoms with van der Waals surface area (Å²) in [7, 11) is 1.70.